The highest BCUT2D eigenvalue weighted by Gasteiger charge is 2.04. The summed E-state index contributed by atoms with van der Waals surface area (Å²) < 4.78 is 0. The predicted octanol–water partition coefficient (Wildman–Crippen LogP) is 1.20. The highest BCUT2D eigenvalue weighted by Crippen LogP contribution is 2.03. The van der Waals surface area contributed by atoms with Gasteiger partial charge < -0.3 is 0 Å². The first-order valence-corrected chi connectivity index (χ1v) is 4.44. The number of benzene rings is 1. The molecule has 3 heteroatoms. The molecule has 0 heterocycles. The van der Waals surface area contributed by atoms with Crippen molar-refractivity contribution in [3.8, 4) is 0 Å². The van der Waals surface area contributed by atoms with E-state index in [9.17, 15) is 9.59 Å². The van der Waals surface area contributed by atoms with Gasteiger partial charge in [0, 0.05) is 6.92 Å². The zero-order valence-corrected chi connectivity index (χ0v) is 8.33. The Morgan fingerprint density at radius 2 is 1.79 bits per heavy atom. The van der Waals surface area contributed by atoms with Crippen LogP contribution in [0, 0.1) is 6.92 Å². The van der Waals surface area contributed by atoms with Crippen molar-refractivity contribution >= 4 is 11.8 Å². The van der Waals surface area contributed by atoms with Crippen LogP contribution in [-0.4, -0.2) is 11.8 Å². The zero-order chi connectivity index (χ0) is 10.6. The Morgan fingerprint density at radius 3 is 2.29 bits per heavy atom. The van der Waals surface area contributed by atoms with Gasteiger partial charge in [0.25, 0.3) is 0 Å². The number of amides is 2. The molecule has 0 unspecified atom stereocenters. The lowest BCUT2D eigenvalue weighted by Crippen LogP contribution is -2.29. The first-order valence-electron chi connectivity index (χ1n) is 4.44. The second kappa shape index (κ2) is 4.56. The molecule has 2 amide bonds. The molecule has 0 fully saturated rings. The van der Waals surface area contributed by atoms with Gasteiger partial charge in [-0.3, -0.25) is 14.9 Å². The lowest BCUT2D eigenvalue weighted by atomic mass is 10.1. The summed E-state index contributed by atoms with van der Waals surface area (Å²) >= 11 is 0. The average molecular weight is 191 g/mol. The molecule has 1 rings (SSSR count). The fourth-order valence-electron chi connectivity index (χ4n) is 1.13. The molecule has 0 saturated carbocycles. The highest BCUT2D eigenvalue weighted by atomic mass is 16.2. The van der Waals surface area contributed by atoms with Crippen molar-refractivity contribution in [3.63, 3.8) is 0 Å². The number of carbonyl (C=O) groups excluding carboxylic acids is 2. The zero-order valence-electron chi connectivity index (χ0n) is 8.33. The van der Waals surface area contributed by atoms with Crippen LogP contribution >= 0.6 is 0 Å². The van der Waals surface area contributed by atoms with Gasteiger partial charge in [-0.05, 0) is 12.5 Å². The largest absolute Gasteiger partial charge is 0.296 e. The highest BCUT2D eigenvalue weighted by molar-refractivity contribution is 5.94. The topological polar surface area (TPSA) is 46.2 Å². The fraction of sp³-hybridized carbons (Fsp3) is 0.273. The van der Waals surface area contributed by atoms with Crippen molar-refractivity contribution in [1.29, 1.82) is 0 Å². The van der Waals surface area contributed by atoms with Crippen molar-refractivity contribution < 1.29 is 9.59 Å². The third-order valence-electron chi connectivity index (χ3n) is 1.80. The van der Waals surface area contributed by atoms with Gasteiger partial charge in [0.2, 0.25) is 11.8 Å². The number of nitrogens with one attached hydrogen (secondary N) is 1. The van der Waals surface area contributed by atoms with Gasteiger partial charge in [-0.2, -0.15) is 0 Å². The molecule has 1 aromatic carbocycles. The van der Waals surface area contributed by atoms with E-state index in [1.165, 1.54) is 6.92 Å². The van der Waals surface area contributed by atoms with Crippen LogP contribution in [-0.2, 0) is 16.0 Å². The second-order valence-corrected chi connectivity index (χ2v) is 3.27. The standard InChI is InChI=1S/C11H13NO2/c1-8-3-5-10(6-4-8)7-11(14)12-9(2)13/h3-6H,7H2,1-2H3,(H,12,13,14). The van der Waals surface area contributed by atoms with Crippen LogP contribution in [0.3, 0.4) is 0 Å². The second-order valence-electron chi connectivity index (χ2n) is 3.27. The maximum absolute atomic E-state index is 11.2. The van der Waals surface area contributed by atoms with E-state index in [0.29, 0.717) is 0 Å². The van der Waals surface area contributed by atoms with Crippen LogP contribution in [0.15, 0.2) is 24.3 Å². The summed E-state index contributed by atoms with van der Waals surface area (Å²) in [4.78, 5) is 21.7. The van der Waals surface area contributed by atoms with E-state index in [4.69, 9.17) is 0 Å². The molecule has 0 atom stereocenters. The third-order valence-corrected chi connectivity index (χ3v) is 1.80. The monoisotopic (exact) mass is 191 g/mol. The van der Waals surface area contributed by atoms with Gasteiger partial charge in [0.05, 0.1) is 6.42 Å². The Hall–Kier alpha value is -1.64. The van der Waals surface area contributed by atoms with Crippen LogP contribution < -0.4 is 5.32 Å². The Morgan fingerprint density at radius 1 is 1.21 bits per heavy atom. The van der Waals surface area contributed by atoms with E-state index in [-0.39, 0.29) is 18.2 Å². The van der Waals surface area contributed by atoms with Crippen molar-refractivity contribution in [2.24, 2.45) is 0 Å². The van der Waals surface area contributed by atoms with Crippen LogP contribution in [0.1, 0.15) is 18.1 Å². The minimum Gasteiger partial charge on any atom is -0.296 e. The number of hydrogen-bond donors (Lipinski definition) is 1. The van der Waals surface area contributed by atoms with E-state index in [1.807, 2.05) is 31.2 Å². The molecular weight excluding hydrogens is 178 g/mol. The third kappa shape index (κ3) is 3.39. The lowest BCUT2D eigenvalue weighted by molar-refractivity contribution is -0.128. The first-order chi connectivity index (χ1) is 6.58. The van der Waals surface area contributed by atoms with Crippen molar-refractivity contribution in [2.45, 2.75) is 20.3 Å². The van der Waals surface area contributed by atoms with Crippen LogP contribution in [0.25, 0.3) is 0 Å². The summed E-state index contributed by atoms with van der Waals surface area (Å²) in [5.74, 6) is -0.580. The number of rotatable bonds is 2. The Balaban J connectivity index is 2.56. The molecule has 1 N–H and O–H groups in total. The first kappa shape index (κ1) is 10.4. The van der Waals surface area contributed by atoms with Gasteiger partial charge in [-0.1, -0.05) is 29.8 Å². The fourth-order valence-corrected chi connectivity index (χ4v) is 1.13. The molecule has 0 spiro atoms. The van der Waals surface area contributed by atoms with Crippen molar-refractivity contribution in [2.75, 3.05) is 0 Å². The molecule has 3 nitrogen and oxygen atoms in total. The van der Waals surface area contributed by atoms with E-state index >= 15 is 0 Å². The maximum Gasteiger partial charge on any atom is 0.230 e. The molecule has 0 aliphatic carbocycles. The Labute approximate surface area is 83.1 Å². The normalized spacial score (nSPS) is 9.57. The minimum atomic E-state index is -0.317. The molecule has 0 aromatic heterocycles. The molecule has 0 radical (unpaired) electrons. The van der Waals surface area contributed by atoms with Gasteiger partial charge >= 0.3 is 0 Å². The number of imide groups is 1. The van der Waals surface area contributed by atoms with Gasteiger partial charge in [-0.25, -0.2) is 0 Å². The Kier molecular flexibility index (Phi) is 3.40. The number of carbonyl (C=O) groups is 2. The van der Waals surface area contributed by atoms with Crippen LogP contribution in [0.2, 0.25) is 0 Å². The molecule has 14 heavy (non-hydrogen) atoms. The van der Waals surface area contributed by atoms with Crippen LogP contribution in [0.4, 0.5) is 0 Å². The molecule has 0 aliphatic rings. The van der Waals surface area contributed by atoms with Gasteiger partial charge in [-0.15, -0.1) is 0 Å². The van der Waals surface area contributed by atoms with E-state index in [0.717, 1.165) is 11.1 Å². The Bertz CT molecular complexity index is 341. The molecule has 1 aromatic rings. The van der Waals surface area contributed by atoms with Gasteiger partial charge in [0.1, 0.15) is 0 Å². The summed E-state index contributed by atoms with van der Waals surface area (Å²) in [6.45, 7) is 3.31. The van der Waals surface area contributed by atoms with Gasteiger partial charge in [0.15, 0.2) is 0 Å². The molecule has 74 valence electrons. The lowest BCUT2D eigenvalue weighted by Gasteiger charge is -2.01. The SMILES string of the molecule is CC(=O)NC(=O)Cc1ccc(C)cc1. The summed E-state index contributed by atoms with van der Waals surface area (Å²) in [5, 5.41) is 2.23. The van der Waals surface area contributed by atoms with E-state index in [1.54, 1.807) is 0 Å². The van der Waals surface area contributed by atoms with Crippen molar-refractivity contribution in [1.82, 2.24) is 5.32 Å². The molecule has 0 saturated heterocycles. The van der Waals surface area contributed by atoms with Crippen LogP contribution in [0.5, 0.6) is 0 Å². The minimum absolute atomic E-state index is 0.250. The summed E-state index contributed by atoms with van der Waals surface area (Å²) in [7, 11) is 0. The van der Waals surface area contributed by atoms with E-state index < -0.39 is 0 Å². The predicted molar refractivity (Wildman–Crippen MR) is 53.7 cm³/mol. The molecule has 0 aliphatic heterocycles. The average Bonchev–Trinajstić information content (AvgIpc) is 2.07. The quantitative estimate of drug-likeness (QED) is 0.763. The molecular formula is C11H13NO2. The van der Waals surface area contributed by atoms with Crippen molar-refractivity contribution in [3.05, 3.63) is 35.4 Å². The number of hydrogen-bond acceptors (Lipinski definition) is 2. The number of aryl methyl sites for hydroxylation is 1. The summed E-state index contributed by atoms with van der Waals surface area (Å²) in [6.07, 6.45) is 0.250. The smallest absolute Gasteiger partial charge is 0.230 e. The maximum atomic E-state index is 11.2. The van der Waals surface area contributed by atoms with E-state index in [2.05, 4.69) is 5.32 Å². The summed E-state index contributed by atoms with van der Waals surface area (Å²) in [5.41, 5.74) is 2.06. The summed E-state index contributed by atoms with van der Waals surface area (Å²) in [6, 6.07) is 7.65. The molecule has 0 bridgehead atoms.